The molecule has 4 aromatic rings. The topological polar surface area (TPSA) is 129 Å². The van der Waals surface area contributed by atoms with E-state index in [9.17, 15) is 9.59 Å². The molecule has 1 fully saturated rings. The molecule has 2 aromatic heterocycles. The summed E-state index contributed by atoms with van der Waals surface area (Å²) >= 11 is 0. The van der Waals surface area contributed by atoms with E-state index >= 15 is 0 Å². The number of hydrogen-bond acceptors (Lipinski definition) is 6. The van der Waals surface area contributed by atoms with Gasteiger partial charge in [-0.15, -0.1) is 0 Å². The van der Waals surface area contributed by atoms with Crippen molar-refractivity contribution in [3.63, 3.8) is 0 Å². The van der Waals surface area contributed by atoms with E-state index in [4.69, 9.17) is 11.0 Å². The minimum Gasteiger partial charge on any atom is -0.325 e. The monoisotopic (exact) mass is 479 g/mol. The third-order valence-corrected chi connectivity index (χ3v) is 6.71. The number of fused-ring (bicyclic) bond motifs is 1. The predicted molar refractivity (Wildman–Crippen MR) is 136 cm³/mol. The van der Waals surface area contributed by atoms with Gasteiger partial charge < -0.3 is 16.0 Å². The van der Waals surface area contributed by atoms with Gasteiger partial charge in [-0.1, -0.05) is 18.6 Å². The molecule has 2 heterocycles. The molecule has 5 rings (SSSR count). The van der Waals surface area contributed by atoms with Gasteiger partial charge in [0.2, 0.25) is 5.91 Å². The number of carbonyl (C=O) groups excluding carboxylic acids is 2. The zero-order valence-corrected chi connectivity index (χ0v) is 19.8. The average molecular weight is 480 g/mol. The van der Waals surface area contributed by atoms with Gasteiger partial charge in [-0.3, -0.25) is 14.0 Å². The van der Waals surface area contributed by atoms with Crippen LogP contribution < -0.4 is 16.0 Å². The Balaban J connectivity index is 1.35. The number of hydrogen-bond donors (Lipinski definition) is 2. The summed E-state index contributed by atoms with van der Waals surface area (Å²) < 4.78 is 1.81. The number of imidazole rings is 1. The van der Waals surface area contributed by atoms with Gasteiger partial charge in [0, 0.05) is 30.2 Å². The Labute approximate surface area is 208 Å². The molecule has 0 saturated heterocycles. The van der Waals surface area contributed by atoms with E-state index in [2.05, 4.69) is 21.4 Å². The standard InChI is InChI=1S/C27H25N7O2/c1-33(21-11-5-17(13-28)6-12-21)27(36)22-16-34-23(14-31-24(34)15-30-22)18-7-9-20(10-8-18)32-26(35)25(29)19-3-2-4-19/h5-12,14-16,19,25H,2-4,29H2,1H3,(H,32,35). The molecular formula is C27H25N7O2. The highest BCUT2D eigenvalue weighted by atomic mass is 16.2. The Morgan fingerprint density at radius 3 is 2.47 bits per heavy atom. The number of carbonyl (C=O) groups is 2. The Bertz CT molecular complexity index is 1470. The fourth-order valence-electron chi connectivity index (χ4n) is 4.22. The summed E-state index contributed by atoms with van der Waals surface area (Å²) in [5.74, 6) is -0.186. The highest BCUT2D eigenvalue weighted by molar-refractivity contribution is 6.04. The van der Waals surface area contributed by atoms with E-state index in [1.807, 2.05) is 28.7 Å². The van der Waals surface area contributed by atoms with E-state index in [1.165, 1.54) is 4.90 Å². The first-order valence-corrected chi connectivity index (χ1v) is 11.7. The van der Waals surface area contributed by atoms with Gasteiger partial charge in [0.25, 0.3) is 5.91 Å². The number of nitrogens with zero attached hydrogens (tertiary/aromatic N) is 5. The molecule has 1 aliphatic carbocycles. The lowest BCUT2D eigenvalue weighted by Gasteiger charge is -2.30. The molecule has 36 heavy (non-hydrogen) atoms. The number of benzene rings is 2. The summed E-state index contributed by atoms with van der Waals surface area (Å²) in [6.45, 7) is 0. The second-order valence-corrected chi connectivity index (χ2v) is 8.95. The SMILES string of the molecule is CN(C(=O)c1cn2c(-c3ccc(NC(=O)C(N)C4CCC4)cc3)cnc2cn1)c1ccc(C#N)cc1. The molecule has 9 nitrogen and oxygen atoms in total. The predicted octanol–water partition coefficient (Wildman–Crippen LogP) is 3.61. The van der Waals surface area contributed by atoms with Crippen molar-refractivity contribution in [2.75, 3.05) is 17.3 Å². The van der Waals surface area contributed by atoms with Gasteiger partial charge in [0.05, 0.1) is 35.8 Å². The first-order chi connectivity index (χ1) is 17.4. The van der Waals surface area contributed by atoms with Crippen LogP contribution in [0.15, 0.2) is 67.1 Å². The van der Waals surface area contributed by atoms with Crippen molar-refractivity contribution in [2.45, 2.75) is 25.3 Å². The van der Waals surface area contributed by atoms with Crippen LogP contribution in [0.5, 0.6) is 0 Å². The number of nitriles is 1. The van der Waals surface area contributed by atoms with Gasteiger partial charge in [-0.2, -0.15) is 5.26 Å². The van der Waals surface area contributed by atoms with Crippen LogP contribution in [0.1, 0.15) is 35.3 Å². The van der Waals surface area contributed by atoms with Crippen LogP contribution in [0.4, 0.5) is 11.4 Å². The molecule has 0 bridgehead atoms. The number of rotatable bonds is 6. The largest absolute Gasteiger partial charge is 0.325 e. The molecule has 9 heteroatoms. The van der Waals surface area contributed by atoms with E-state index in [0.717, 1.165) is 30.5 Å². The maximum atomic E-state index is 13.1. The summed E-state index contributed by atoms with van der Waals surface area (Å²) in [4.78, 5) is 35.7. The van der Waals surface area contributed by atoms with Gasteiger partial charge in [-0.25, -0.2) is 9.97 Å². The number of nitrogens with two attached hydrogens (primary N) is 1. The zero-order valence-electron chi connectivity index (χ0n) is 19.8. The Morgan fingerprint density at radius 2 is 1.83 bits per heavy atom. The van der Waals surface area contributed by atoms with Crippen LogP contribution in [0.3, 0.4) is 0 Å². The maximum absolute atomic E-state index is 13.1. The van der Waals surface area contributed by atoms with E-state index in [0.29, 0.717) is 22.6 Å². The van der Waals surface area contributed by atoms with Crippen LogP contribution in [0.25, 0.3) is 16.9 Å². The summed E-state index contributed by atoms with van der Waals surface area (Å²) in [7, 11) is 1.66. The quantitative estimate of drug-likeness (QED) is 0.435. The Kier molecular flexibility index (Phi) is 6.19. The lowest BCUT2D eigenvalue weighted by Crippen LogP contribution is -2.44. The van der Waals surface area contributed by atoms with Gasteiger partial charge in [-0.05, 0) is 55.2 Å². The molecule has 1 unspecified atom stereocenters. The average Bonchev–Trinajstić information content (AvgIpc) is 3.30. The normalized spacial score (nSPS) is 14.0. The summed E-state index contributed by atoms with van der Waals surface area (Å²) in [6.07, 6.45) is 8.08. The third kappa shape index (κ3) is 4.42. The first kappa shape index (κ1) is 23.2. The fourth-order valence-corrected chi connectivity index (χ4v) is 4.22. The smallest absolute Gasteiger partial charge is 0.278 e. The Hall–Kier alpha value is -4.55. The number of nitrogens with one attached hydrogen (secondary N) is 1. The second-order valence-electron chi connectivity index (χ2n) is 8.95. The molecule has 2 aromatic carbocycles. The Morgan fingerprint density at radius 1 is 1.11 bits per heavy atom. The molecule has 0 radical (unpaired) electrons. The van der Waals surface area contributed by atoms with Gasteiger partial charge in [0.15, 0.2) is 5.65 Å². The minimum absolute atomic E-state index is 0.164. The summed E-state index contributed by atoms with van der Waals surface area (Å²) in [5.41, 5.74) is 10.4. The fraction of sp³-hybridized carbons (Fsp3) is 0.222. The van der Waals surface area contributed by atoms with Crippen molar-refractivity contribution in [3.05, 3.63) is 78.4 Å². The number of aromatic nitrogens is 3. The van der Waals surface area contributed by atoms with Crippen LogP contribution in [-0.2, 0) is 4.79 Å². The van der Waals surface area contributed by atoms with Crippen LogP contribution >= 0.6 is 0 Å². The summed E-state index contributed by atoms with van der Waals surface area (Å²) in [5, 5.41) is 11.9. The van der Waals surface area contributed by atoms with Crippen molar-refractivity contribution in [1.82, 2.24) is 14.4 Å². The molecular weight excluding hydrogens is 454 g/mol. The van der Waals surface area contributed by atoms with Crippen molar-refractivity contribution < 1.29 is 9.59 Å². The highest BCUT2D eigenvalue weighted by Crippen LogP contribution is 2.29. The molecule has 1 aliphatic rings. The molecule has 0 aliphatic heterocycles. The minimum atomic E-state index is -0.483. The van der Waals surface area contributed by atoms with E-state index in [-0.39, 0.29) is 23.4 Å². The lowest BCUT2D eigenvalue weighted by molar-refractivity contribution is -0.119. The molecule has 180 valence electrons. The van der Waals surface area contributed by atoms with E-state index < -0.39 is 6.04 Å². The van der Waals surface area contributed by atoms with Crippen LogP contribution in [-0.4, -0.2) is 39.3 Å². The van der Waals surface area contributed by atoms with Crippen LogP contribution in [0, 0.1) is 17.2 Å². The van der Waals surface area contributed by atoms with Crippen molar-refractivity contribution in [2.24, 2.45) is 11.7 Å². The van der Waals surface area contributed by atoms with Crippen LogP contribution in [0.2, 0.25) is 0 Å². The highest BCUT2D eigenvalue weighted by Gasteiger charge is 2.29. The van der Waals surface area contributed by atoms with Crippen molar-refractivity contribution in [3.8, 4) is 17.3 Å². The van der Waals surface area contributed by atoms with Gasteiger partial charge >= 0.3 is 0 Å². The van der Waals surface area contributed by atoms with Gasteiger partial charge in [0.1, 0.15) is 5.69 Å². The molecule has 1 saturated carbocycles. The molecule has 0 spiro atoms. The van der Waals surface area contributed by atoms with E-state index in [1.54, 1.807) is 49.9 Å². The van der Waals surface area contributed by atoms with Crippen molar-refractivity contribution >= 4 is 28.8 Å². The molecule has 1 atom stereocenters. The second kappa shape index (κ2) is 9.60. The third-order valence-electron chi connectivity index (χ3n) is 6.71. The maximum Gasteiger partial charge on any atom is 0.278 e. The summed E-state index contributed by atoms with van der Waals surface area (Å²) in [6, 6.07) is 15.8. The zero-order chi connectivity index (χ0) is 25.2. The molecule has 2 amide bonds. The first-order valence-electron chi connectivity index (χ1n) is 11.7. The molecule has 3 N–H and O–H groups in total. The lowest BCUT2D eigenvalue weighted by atomic mass is 9.80. The number of anilines is 2. The van der Waals surface area contributed by atoms with Crippen molar-refractivity contribution in [1.29, 1.82) is 5.26 Å². The number of amides is 2.